The standard InChI is InChI=1S/C19H23NO2/c1-3-13-22-19-12-10-17-14-16(9-11-18(17)20-19)8-6-4-5-7-15(2)21/h3,6,8-12,14-15,21H,1,4-5,7,13H2,2H3. The molecular weight excluding hydrogens is 274 g/mol. The molecule has 0 aliphatic heterocycles. The monoisotopic (exact) mass is 297 g/mol. The van der Waals surface area contributed by atoms with E-state index in [1.165, 1.54) is 0 Å². The molecule has 0 radical (unpaired) electrons. The van der Waals surface area contributed by atoms with Crippen molar-refractivity contribution in [2.45, 2.75) is 32.3 Å². The summed E-state index contributed by atoms with van der Waals surface area (Å²) in [6, 6.07) is 10.1. The van der Waals surface area contributed by atoms with E-state index in [1.807, 2.05) is 25.1 Å². The van der Waals surface area contributed by atoms with Crippen LogP contribution in [-0.2, 0) is 0 Å². The number of pyridine rings is 1. The fraction of sp³-hybridized carbons (Fsp3) is 0.316. The molecule has 116 valence electrons. The smallest absolute Gasteiger partial charge is 0.214 e. The summed E-state index contributed by atoms with van der Waals surface area (Å²) in [5.41, 5.74) is 2.08. The van der Waals surface area contributed by atoms with Crippen molar-refractivity contribution >= 4 is 17.0 Å². The zero-order chi connectivity index (χ0) is 15.8. The Morgan fingerprint density at radius 3 is 2.95 bits per heavy atom. The molecule has 0 aliphatic carbocycles. The van der Waals surface area contributed by atoms with Crippen molar-refractivity contribution < 1.29 is 9.84 Å². The third kappa shape index (κ3) is 5.01. The fourth-order valence-corrected chi connectivity index (χ4v) is 2.20. The van der Waals surface area contributed by atoms with Gasteiger partial charge < -0.3 is 9.84 Å². The minimum Gasteiger partial charge on any atom is -0.473 e. The van der Waals surface area contributed by atoms with Crippen LogP contribution in [0.3, 0.4) is 0 Å². The van der Waals surface area contributed by atoms with Crippen LogP contribution in [0.1, 0.15) is 31.7 Å². The molecule has 22 heavy (non-hydrogen) atoms. The van der Waals surface area contributed by atoms with Crippen LogP contribution in [0.15, 0.2) is 49.1 Å². The maximum atomic E-state index is 9.22. The number of allylic oxidation sites excluding steroid dienone is 1. The number of hydrogen-bond acceptors (Lipinski definition) is 3. The molecular formula is C19H23NO2. The lowest BCUT2D eigenvalue weighted by molar-refractivity contribution is 0.182. The predicted octanol–water partition coefficient (Wildman–Crippen LogP) is 4.36. The summed E-state index contributed by atoms with van der Waals surface area (Å²) in [5.74, 6) is 0.619. The van der Waals surface area contributed by atoms with Gasteiger partial charge in [0.1, 0.15) is 6.61 Å². The van der Waals surface area contributed by atoms with Gasteiger partial charge in [0.05, 0.1) is 11.6 Å². The van der Waals surface area contributed by atoms with Gasteiger partial charge in [-0.15, -0.1) is 0 Å². The molecule has 1 aromatic heterocycles. The second kappa shape index (κ2) is 8.35. The highest BCUT2D eigenvalue weighted by atomic mass is 16.5. The van der Waals surface area contributed by atoms with Crippen molar-refractivity contribution in [3.8, 4) is 5.88 Å². The molecule has 0 spiro atoms. The first-order valence-corrected chi connectivity index (χ1v) is 7.68. The topological polar surface area (TPSA) is 42.4 Å². The van der Waals surface area contributed by atoms with Crippen molar-refractivity contribution in [2.24, 2.45) is 0 Å². The number of rotatable bonds is 8. The Morgan fingerprint density at radius 2 is 2.18 bits per heavy atom. The number of aromatic nitrogens is 1. The Hall–Kier alpha value is -2.13. The summed E-state index contributed by atoms with van der Waals surface area (Å²) >= 11 is 0. The van der Waals surface area contributed by atoms with E-state index >= 15 is 0 Å². The zero-order valence-electron chi connectivity index (χ0n) is 13.0. The molecule has 1 unspecified atom stereocenters. The van der Waals surface area contributed by atoms with Gasteiger partial charge in [-0.05, 0) is 49.9 Å². The minimum atomic E-state index is -0.211. The Morgan fingerprint density at radius 1 is 1.32 bits per heavy atom. The van der Waals surface area contributed by atoms with Crippen molar-refractivity contribution in [1.29, 1.82) is 0 Å². The molecule has 0 bridgehead atoms. The number of aliphatic hydroxyl groups excluding tert-OH is 1. The Balaban J connectivity index is 2.01. The number of fused-ring (bicyclic) bond motifs is 1. The molecule has 2 rings (SSSR count). The number of aliphatic hydroxyl groups is 1. The second-order valence-corrected chi connectivity index (χ2v) is 5.38. The second-order valence-electron chi connectivity index (χ2n) is 5.38. The zero-order valence-corrected chi connectivity index (χ0v) is 13.0. The van der Waals surface area contributed by atoms with Gasteiger partial charge in [-0.2, -0.15) is 0 Å². The summed E-state index contributed by atoms with van der Waals surface area (Å²) in [6.45, 7) is 5.92. The highest BCUT2D eigenvalue weighted by Gasteiger charge is 1.99. The molecule has 0 saturated carbocycles. The first kappa shape index (κ1) is 16.2. The molecule has 1 atom stereocenters. The molecule has 3 heteroatoms. The molecule has 0 saturated heterocycles. The van der Waals surface area contributed by atoms with Crippen LogP contribution in [-0.4, -0.2) is 22.8 Å². The maximum Gasteiger partial charge on any atom is 0.214 e. The SMILES string of the molecule is C=CCOc1ccc2cc(C=CCCCC(C)O)ccc2n1. The molecule has 0 aliphatic rings. The van der Waals surface area contributed by atoms with Crippen molar-refractivity contribution in [3.63, 3.8) is 0 Å². The van der Waals surface area contributed by atoms with Gasteiger partial charge in [0.15, 0.2) is 0 Å². The van der Waals surface area contributed by atoms with E-state index < -0.39 is 0 Å². The molecule has 3 nitrogen and oxygen atoms in total. The van der Waals surface area contributed by atoms with Gasteiger partial charge in [0.2, 0.25) is 5.88 Å². The number of nitrogens with zero attached hydrogens (tertiary/aromatic N) is 1. The Labute approximate surface area is 132 Å². The third-order valence-corrected chi connectivity index (χ3v) is 3.34. The van der Waals surface area contributed by atoms with E-state index in [4.69, 9.17) is 4.74 Å². The van der Waals surface area contributed by atoms with E-state index in [9.17, 15) is 5.11 Å². The number of ether oxygens (including phenoxy) is 1. The van der Waals surface area contributed by atoms with E-state index in [0.717, 1.165) is 35.7 Å². The summed E-state index contributed by atoms with van der Waals surface area (Å²) < 4.78 is 5.44. The van der Waals surface area contributed by atoms with Crippen LogP contribution in [0, 0.1) is 0 Å². The van der Waals surface area contributed by atoms with E-state index in [2.05, 4.69) is 35.8 Å². The lowest BCUT2D eigenvalue weighted by Crippen LogP contribution is -1.97. The largest absolute Gasteiger partial charge is 0.473 e. The molecule has 0 fully saturated rings. The van der Waals surface area contributed by atoms with Crippen molar-refractivity contribution in [3.05, 3.63) is 54.6 Å². The van der Waals surface area contributed by atoms with Gasteiger partial charge in [0, 0.05) is 11.5 Å². The van der Waals surface area contributed by atoms with Gasteiger partial charge >= 0.3 is 0 Å². The quantitative estimate of drug-likeness (QED) is 0.581. The van der Waals surface area contributed by atoms with Crippen molar-refractivity contribution in [2.75, 3.05) is 6.61 Å². The Kier molecular flexibility index (Phi) is 6.16. The molecule has 0 amide bonds. The molecule has 2 aromatic rings. The lowest BCUT2D eigenvalue weighted by atomic mass is 10.1. The third-order valence-electron chi connectivity index (χ3n) is 3.34. The van der Waals surface area contributed by atoms with Crippen LogP contribution in [0.5, 0.6) is 5.88 Å². The van der Waals surface area contributed by atoms with Gasteiger partial charge in [-0.3, -0.25) is 0 Å². The Bertz CT molecular complexity index is 647. The van der Waals surface area contributed by atoms with Crippen LogP contribution >= 0.6 is 0 Å². The average molecular weight is 297 g/mol. The molecule has 1 heterocycles. The van der Waals surface area contributed by atoms with Crippen LogP contribution < -0.4 is 4.74 Å². The number of benzene rings is 1. The highest BCUT2D eigenvalue weighted by Crippen LogP contribution is 2.19. The van der Waals surface area contributed by atoms with Gasteiger partial charge in [-0.25, -0.2) is 4.98 Å². The molecule has 1 N–H and O–H groups in total. The van der Waals surface area contributed by atoms with Crippen LogP contribution in [0.25, 0.3) is 17.0 Å². The van der Waals surface area contributed by atoms with E-state index in [1.54, 1.807) is 6.08 Å². The summed E-state index contributed by atoms with van der Waals surface area (Å²) in [5, 5.41) is 10.3. The van der Waals surface area contributed by atoms with E-state index in [-0.39, 0.29) is 6.10 Å². The lowest BCUT2D eigenvalue weighted by Gasteiger charge is -2.04. The van der Waals surface area contributed by atoms with Gasteiger partial charge in [0.25, 0.3) is 0 Å². The maximum absolute atomic E-state index is 9.22. The first-order chi connectivity index (χ1) is 10.7. The van der Waals surface area contributed by atoms with E-state index in [0.29, 0.717) is 12.5 Å². The highest BCUT2D eigenvalue weighted by molar-refractivity contribution is 5.81. The van der Waals surface area contributed by atoms with Crippen LogP contribution in [0.2, 0.25) is 0 Å². The first-order valence-electron chi connectivity index (χ1n) is 7.68. The average Bonchev–Trinajstić information content (AvgIpc) is 2.52. The molecule has 1 aromatic carbocycles. The summed E-state index contributed by atoms with van der Waals surface area (Å²) in [7, 11) is 0. The number of hydrogen-bond donors (Lipinski definition) is 1. The fourth-order valence-electron chi connectivity index (χ4n) is 2.20. The van der Waals surface area contributed by atoms with Crippen LogP contribution in [0.4, 0.5) is 0 Å². The number of unbranched alkanes of at least 4 members (excludes halogenated alkanes) is 1. The van der Waals surface area contributed by atoms with Crippen molar-refractivity contribution in [1.82, 2.24) is 4.98 Å². The predicted molar refractivity (Wildman–Crippen MR) is 92.0 cm³/mol. The summed E-state index contributed by atoms with van der Waals surface area (Å²) in [4.78, 5) is 4.46. The normalized spacial score (nSPS) is 12.6. The minimum absolute atomic E-state index is 0.211. The summed E-state index contributed by atoms with van der Waals surface area (Å²) in [6.07, 6.45) is 8.60. The van der Waals surface area contributed by atoms with Gasteiger partial charge in [-0.1, -0.05) is 30.9 Å².